The van der Waals surface area contributed by atoms with E-state index in [0.29, 0.717) is 31.3 Å². The molecule has 1 saturated heterocycles. The number of allylic oxidation sites excluding steroid dienone is 2. The molecule has 1 fully saturated rings. The van der Waals surface area contributed by atoms with Gasteiger partial charge in [-0.05, 0) is 67.9 Å². The smallest absolute Gasteiger partial charge is 0.303 e. The zero-order valence-corrected chi connectivity index (χ0v) is 26.5. The number of hydrogen-bond donors (Lipinski definition) is 7. The zero-order valence-electron chi connectivity index (χ0n) is 26.5. The molecule has 0 bridgehead atoms. The van der Waals surface area contributed by atoms with Crippen molar-refractivity contribution in [3.05, 3.63) is 56.7 Å². The number of aliphatic hydroxyl groups excluding tert-OH is 1. The number of carboxylic acids is 2. The Hall–Kier alpha value is -3.86. The van der Waals surface area contributed by atoms with Gasteiger partial charge in [-0.1, -0.05) is 27.2 Å². The molecule has 2 unspecified atom stereocenters. The molecule has 7 N–H and O–H groups in total. The normalized spacial score (nSPS) is 26.8. The molecular formula is C33H46N4O7. The summed E-state index contributed by atoms with van der Waals surface area (Å²) in [7, 11) is 0. The SMILES string of the molecule is CC[C@H]1C(/C=C2/NC(Cc3[nH]c(C[C@H]4NC(=O)C([C@@H](C)O)=C4C)c(C)c3CCC(=O)O)=C(CCC(=O)O)C2C)NC(=O)[C@@H]1C. The number of aliphatic carboxylic acids is 2. The highest BCUT2D eigenvalue weighted by atomic mass is 16.4. The van der Waals surface area contributed by atoms with Gasteiger partial charge in [0.2, 0.25) is 11.8 Å². The Bertz CT molecular complexity index is 1430. The molecule has 4 heterocycles. The van der Waals surface area contributed by atoms with Gasteiger partial charge in [0.1, 0.15) is 0 Å². The van der Waals surface area contributed by atoms with Gasteiger partial charge >= 0.3 is 11.9 Å². The fourth-order valence-corrected chi connectivity index (χ4v) is 7.14. The molecule has 1 aromatic rings. The Labute approximate surface area is 258 Å². The largest absolute Gasteiger partial charge is 0.481 e. The first-order valence-corrected chi connectivity index (χ1v) is 15.6. The summed E-state index contributed by atoms with van der Waals surface area (Å²) in [5.41, 5.74) is 7.48. The molecule has 44 heavy (non-hydrogen) atoms. The Morgan fingerprint density at radius 1 is 1.00 bits per heavy atom. The molecule has 11 nitrogen and oxygen atoms in total. The maximum Gasteiger partial charge on any atom is 0.303 e. The summed E-state index contributed by atoms with van der Waals surface area (Å²) in [4.78, 5) is 51.6. The lowest BCUT2D eigenvalue weighted by Gasteiger charge is -2.18. The number of amides is 2. The molecule has 3 aliphatic rings. The molecule has 11 heteroatoms. The number of aromatic amines is 1. The van der Waals surface area contributed by atoms with E-state index in [9.17, 15) is 34.5 Å². The van der Waals surface area contributed by atoms with Crippen LogP contribution in [0.2, 0.25) is 0 Å². The van der Waals surface area contributed by atoms with Crippen LogP contribution in [0.4, 0.5) is 0 Å². The standard InChI is InChI=1S/C33H46N4O7/c1-7-20-17(4)32(43)37-26(20)13-24-16(3)22(9-11-30(41)42)28(35-24)14-27-21(8-10-29(39)40)15(2)23(34-27)12-25-18(5)31(19(6)38)33(44)36-25/h13,16-17,19-20,25-26,34-35,38H,7-12,14H2,1-6H3,(H,36,44)(H,37,43)(H,39,40)(H,41,42)/b24-13+/t16?,17-,19-,20-,25-,26?/m1/s1. The minimum absolute atomic E-state index is 0.0214. The van der Waals surface area contributed by atoms with Crippen LogP contribution in [0.1, 0.15) is 82.8 Å². The van der Waals surface area contributed by atoms with Crippen molar-refractivity contribution in [3.63, 3.8) is 0 Å². The summed E-state index contributed by atoms with van der Waals surface area (Å²) < 4.78 is 0. The van der Waals surface area contributed by atoms with E-state index in [4.69, 9.17) is 0 Å². The highest BCUT2D eigenvalue weighted by molar-refractivity contribution is 5.98. The van der Waals surface area contributed by atoms with Crippen LogP contribution in [0, 0.1) is 24.7 Å². The van der Waals surface area contributed by atoms with Crippen molar-refractivity contribution >= 4 is 23.8 Å². The summed E-state index contributed by atoms with van der Waals surface area (Å²) in [5.74, 6) is -2.04. The minimum Gasteiger partial charge on any atom is -0.481 e. The molecular weight excluding hydrogens is 564 g/mol. The Morgan fingerprint density at radius 3 is 2.25 bits per heavy atom. The Kier molecular flexibility index (Phi) is 10.1. The number of carboxylic acid groups (broad SMARTS) is 2. The first kappa shape index (κ1) is 33.0. The molecule has 0 aliphatic carbocycles. The fraction of sp³-hybridized carbons (Fsp3) is 0.576. The number of carbonyl (C=O) groups excluding carboxylic acids is 2. The van der Waals surface area contributed by atoms with Crippen LogP contribution >= 0.6 is 0 Å². The van der Waals surface area contributed by atoms with Gasteiger partial charge in [0, 0.05) is 65.9 Å². The van der Waals surface area contributed by atoms with E-state index in [1.807, 2.05) is 27.7 Å². The van der Waals surface area contributed by atoms with E-state index in [0.717, 1.165) is 51.5 Å². The van der Waals surface area contributed by atoms with Crippen LogP contribution in [0.15, 0.2) is 34.2 Å². The highest BCUT2D eigenvalue weighted by Crippen LogP contribution is 2.37. The van der Waals surface area contributed by atoms with Gasteiger partial charge in [0.15, 0.2) is 0 Å². The predicted molar refractivity (Wildman–Crippen MR) is 164 cm³/mol. The van der Waals surface area contributed by atoms with Crippen molar-refractivity contribution < 1.29 is 34.5 Å². The summed E-state index contributed by atoms with van der Waals surface area (Å²) in [6.45, 7) is 11.4. The second kappa shape index (κ2) is 13.4. The van der Waals surface area contributed by atoms with E-state index in [1.54, 1.807) is 6.92 Å². The molecule has 6 atom stereocenters. The third kappa shape index (κ3) is 6.77. The summed E-state index contributed by atoms with van der Waals surface area (Å²) >= 11 is 0. The lowest BCUT2D eigenvalue weighted by molar-refractivity contribution is -0.138. The van der Waals surface area contributed by atoms with Crippen molar-refractivity contribution in [2.45, 2.75) is 105 Å². The number of aromatic nitrogens is 1. The van der Waals surface area contributed by atoms with Gasteiger partial charge in [-0.2, -0.15) is 0 Å². The Morgan fingerprint density at radius 2 is 1.66 bits per heavy atom. The Balaban J connectivity index is 1.67. The van der Waals surface area contributed by atoms with E-state index in [-0.39, 0.29) is 54.5 Å². The average Bonchev–Trinajstić information content (AvgIpc) is 3.59. The quantitative estimate of drug-likeness (QED) is 0.178. The maximum absolute atomic E-state index is 12.5. The lowest BCUT2D eigenvalue weighted by atomic mass is 9.87. The third-order valence-corrected chi connectivity index (χ3v) is 9.77. The van der Waals surface area contributed by atoms with Crippen LogP contribution in [0.25, 0.3) is 0 Å². The van der Waals surface area contributed by atoms with Gasteiger partial charge in [-0.15, -0.1) is 0 Å². The number of nitrogens with one attached hydrogen (secondary N) is 4. The fourth-order valence-electron chi connectivity index (χ4n) is 7.14. The number of H-pyrrole nitrogens is 1. The second-order valence-corrected chi connectivity index (χ2v) is 12.5. The average molecular weight is 611 g/mol. The first-order valence-electron chi connectivity index (χ1n) is 15.6. The molecule has 0 spiro atoms. The van der Waals surface area contributed by atoms with Crippen molar-refractivity contribution in [3.8, 4) is 0 Å². The van der Waals surface area contributed by atoms with Gasteiger partial charge in [0.25, 0.3) is 0 Å². The van der Waals surface area contributed by atoms with Crippen molar-refractivity contribution in [1.82, 2.24) is 20.9 Å². The molecule has 240 valence electrons. The number of aliphatic hydroxyl groups is 1. The van der Waals surface area contributed by atoms with E-state index < -0.39 is 18.0 Å². The molecule has 1 aromatic heterocycles. The molecule has 4 rings (SSSR count). The minimum atomic E-state index is -0.904. The topological polar surface area (TPSA) is 181 Å². The molecule has 3 aliphatic heterocycles. The third-order valence-electron chi connectivity index (χ3n) is 9.77. The molecule has 2 amide bonds. The van der Waals surface area contributed by atoms with Crippen LogP contribution in [0.3, 0.4) is 0 Å². The summed E-state index contributed by atoms with van der Waals surface area (Å²) in [6.07, 6.45) is 3.52. The monoisotopic (exact) mass is 610 g/mol. The summed E-state index contributed by atoms with van der Waals surface area (Å²) in [6, 6.07) is -0.424. The van der Waals surface area contributed by atoms with Gasteiger partial charge < -0.3 is 36.3 Å². The maximum atomic E-state index is 12.5. The molecule has 0 aromatic carbocycles. The lowest BCUT2D eigenvalue weighted by Crippen LogP contribution is -2.31. The summed E-state index contributed by atoms with van der Waals surface area (Å²) in [5, 5.41) is 38.7. The second-order valence-electron chi connectivity index (χ2n) is 12.5. The van der Waals surface area contributed by atoms with Crippen LogP contribution in [-0.4, -0.2) is 62.2 Å². The van der Waals surface area contributed by atoms with Crippen LogP contribution in [-0.2, 0) is 38.4 Å². The van der Waals surface area contributed by atoms with Crippen LogP contribution in [0.5, 0.6) is 0 Å². The van der Waals surface area contributed by atoms with Crippen LogP contribution < -0.4 is 16.0 Å². The predicted octanol–water partition coefficient (Wildman–Crippen LogP) is 3.02. The molecule has 0 radical (unpaired) electrons. The number of hydrogen-bond acceptors (Lipinski definition) is 6. The number of carbonyl (C=O) groups is 4. The van der Waals surface area contributed by atoms with Crippen molar-refractivity contribution in [2.75, 3.05) is 0 Å². The van der Waals surface area contributed by atoms with E-state index in [1.165, 1.54) is 0 Å². The van der Waals surface area contributed by atoms with E-state index >= 15 is 0 Å². The highest BCUT2D eigenvalue weighted by Gasteiger charge is 2.38. The van der Waals surface area contributed by atoms with Crippen molar-refractivity contribution in [1.29, 1.82) is 0 Å². The first-order chi connectivity index (χ1) is 20.7. The van der Waals surface area contributed by atoms with Crippen molar-refractivity contribution in [2.24, 2.45) is 17.8 Å². The van der Waals surface area contributed by atoms with Gasteiger partial charge in [-0.25, -0.2) is 0 Å². The van der Waals surface area contributed by atoms with Gasteiger partial charge in [0.05, 0.1) is 18.2 Å². The molecule has 0 saturated carbocycles. The van der Waals surface area contributed by atoms with E-state index in [2.05, 4.69) is 33.9 Å². The number of rotatable bonds is 13. The van der Waals surface area contributed by atoms with Gasteiger partial charge in [-0.3, -0.25) is 19.2 Å². The zero-order chi connectivity index (χ0) is 32.5.